The van der Waals surface area contributed by atoms with Crippen molar-refractivity contribution in [2.24, 2.45) is 0 Å². The number of thiophene rings is 1. The molecule has 1 fully saturated rings. The number of nitrogens with zero attached hydrogens (tertiary/aromatic N) is 3. The van der Waals surface area contributed by atoms with Gasteiger partial charge in [-0.3, -0.25) is 0 Å². The van der Waals surface area contributed by atoms with Gasteiger partial charge in [0.15, 0.2) is 0 Å². The number of piperidine rings is 1. The van der Waals surface area contributed by atoms with E-state index in [0.717, 1.165) is 40.0 Å². The zero-order chi connectivity index (χ0) is 17.4. The van der Waals surface area contributed by atoms with Crippen molar-refractivity contribution in [3.05, 3.63) is 38.9 Å². The molecule has 3 aromatic rings. The molecular formula is C19H19BrClN3S. The molecule has 4 rings (SSSR count). The molecule has 0 spiro atoms. The van der Waals surface area contributed by atoms with E-state index in [0.29, 0.717) is 5.28 Å². The maximum atomic E-state index is 6.27. The highest BCUT2D eigenvalue weighted by Crippen LogP contribution is 2.43. The van der Waals surface area contributed by atoms with E-state index in [9.17, 15) is 0 Å². The van der Waals surface area contributed by atoms with Crippen LogP contribution in [0.3, 0.4) is 0 Å². The van der Waals surface area contributed by atoms with E-state index in [2.05, 4.69) is 62.0 Å². The van der Waals surface area contributed by atoms with E-state index in [1.807, 2.05) is 0 Å². The molecule has 25 heavy (non-hydrogen) atoms. The van der Waals surface area contributed by atoms with E-state index in [1.54, 1.807) is 11.3 Å². The van der Waals surface area contributed by atoms with Crippen molar-refractivity contribution in [1.29, 1.82) is 0 Å². The number of aromatic nitrogens is 2. The molecule has 1 saturated heterocycles. The number of fused-ring (bicyclic) bond motifs is 1. The number of hydrogen-bond acceptors (Lipinski definition) is 4. The molecule has 130 valence electrons. The van der Waals surface area contributed by atoms with Crippen LogP contribution in [0.4, 0.5) is 5.82 Å². The summed E-state index contributed by atoms with van der Waals surface area (Å²) < 4.78 is 1.09. The Labute approximate surface area is 165 Å². The third-order valence-electron chi connectivity index (χ3n) is 4.69. The van der Waals surface area contributed by atoms with Gasteiger partial charge in [0.2, 0.25) is 5.28 Å². The zero-order valence-electron chi connectivity index (χ0n) is 14.1. The van der Waals surface area contributed by atoms with Crippen LogP contribution in [0.5, 0.6) is 0 Å². The lowest BCUT2D eigenvalue weighted by Crippen LogP contribution is -2.30. The average molecular weight is 437 g/mol. The predicted molar refractivity (Wildman–Crippen MR) is 111 cm³/mol. The molecule has 0 N–H and O–H groups in total. The summed E-state index contributed by atoms with van der Waals surface area (Å²) in [6.07, 6.45) is 4.69. The summed E-state index contributed by atoms with van der Waals surface area (Å²) in [5.74, 6) is 1.00. The lowest BCUT2D eigenvalue weighted by atomic mass is 10.0. The number of aryl methyl sites for hydroxylation is 1. The lowest BCUT2D eigenvalue weighted by molar-refractivity contribution is 0.574. The standard InChI is InChI=1S/C19H19BrClN3S/c1-2-14-15(12-6-8-13(20)9-7-12)16-17(24-10-4-3-5-11-24)22-19(21)23-18(16)25-14/h6-9H,2-5,10-11H2,1H3. The summed E-state index contributed by atoms with van der Waals surface area (Å²) in [6, 6.07) is 8.52. The smallest absolute Gasteiger partial charge is 0.225 e. The second kappa shape index (κ2) is 7.22. The van der Waals surface area contributed by atoms with Gasteiger partial charge in [-0.2, -0.15) is 4.98 Å². The van der Waals surface area contributed by atoms with Gasteiger partial charge in [0, 0.05) is 28.0 Å². The molecule has 0 amide bonds. The second-order valence-electron chi connectivity index (χ2n) is 6.30. The van der Waals surface area contributed by atoms with Gasteiger partial charge in [-0.05, 0) is 55.0 Å². The highest BCUT2D eigenvalue weighted by molar-refractivity contribution is 9.10. The number of anilines is 1. The quantitative estimate of drug-likeness (QED) is 0.449. The van der Waals surface area contributed by atoms with Crippen molar-refractivity contribution in [1.82, 2.24) is 9.97 Å². The molecule has 0 radical (unpaired) electrons. The van der Waals surface area contributed by atoms with Crippen LogP contribution in [0.2, 0.25) is 5.28 Å². The van der Waals surface area contributed by atoms with Crippen molar-refractivity contribution in [3.63, 3.8) is 0 Å². The van der Waals surface area contributed by atoms with Crippen molar-refractivity contribution in [3.8, 4) is 11.1 Å². The zero-order valence-corrected chi connectivity index (χ0v) is 17.2. The highest BCUT2D eigenvalue weighted by atomic mass is 79.9. The Bertz CT molecular complexity index is 901. The molecule has 2 aromatic heterocycles. The molecule has 0 unspecified atom stereocenters. The van der Waals surface area contributed by atoms with Crippen molar-refractivity contribution < 1.29 is 0 Å². The van der Waals surface area contributed by atoms with E-state index < -0.39 is 0 Å². The molecular weight excluding hydrogens is 418 g/mol. The fourth-order valence-corrected chi connectivity index (χ4v) is 5.11. The Morgan fingerprint density at radius 2 is 1.84 bits per heavy atom. The van der Waals surface area contributed by atoms with Crippen molar-refractivity contribution >= 4 is 54.9 Å². The van der Waals surface area contributed by atoms with Crippen LogP contribution >= 0.6 is 38.9 Å². The molecule has 3 nitrogen and oxygen atoms in total. The fraction of sp³-hybridized carbons (Fsp3) is 0.368. The first kappa shape index (κ1) is 17.3. The average Bonchev–Trinajstić information content (AvgIpc) is 3.00. The van der Waals surface area contributed by atoms with Gasteiger partial charge in [-0.25, -0.2) is 4.98 Å². The second-order valence-corrected chi connectivity index (χ2v) is 8.64. The Morgan fingerprint density at radius 3 is 2.52 bits per heavy atom. The first-order valence-electron chi connectivity index (χ1n) is 8.67. The van der Waals surface area contributed by atoms with Gasteiger partial charge in [-0.1, -0.05) is 35.0 Å². The van der Waals surface area contributed by atoms with Crippen LogP contribution in [0.15, 0.2) is 28.7 Å². The number of rotatable bonds is 3. The summed E-state index contributed by atoms with van der Waals surface area (Å²) >= 11 is 11.5. The first-order chi connectivity index (χ1) is 12.2. The Kier molecular flexibility index (Phi) is 4.98. The molecule has 1 aromatic carbocycles. The molecule has 1 aliphatic heterocycles. The van der Waals surface area contributed by atoms with Crippen LogP contribution < -0.4 is 4.90 Å². The Hall–Kier alpha value is -1.17. The summed E-state index contributed by atoms with van der Waals surface area (Å²) in [5, 5.41) is 1.51. The van der Waals surface area contributed by atoms with Crippen molar-refractivity contribution in [2.75, 3.05) is 18.0 Å². The molecule has 0 saturated carbocycles. The van der Waals surface area contributed by atoms with E-state index in [4.69, 9.17) is 11.6 Å². The molecule has 0 bridgehead atoms. The fourth-order valence-electron chi connectivity index (χ4n) is 3.51. The Balaban J connectivity index is 1.98. The summed E-state index contributed by atoms with van der Waals surface area (Å²) in [5.41, 5.74) is 2.49. The van der Waals surface area contributed by atoms with Gasteiger partial charge in [0.1, 0.15) is 10.6 Å². The third-order valence-corrected chi connectivity index (χ3v) is 6.61. The van der Waals surface area contributed by atoms with E-state index >= 15 is 0 Å². The van der Waals surface area contributed by atoms with Gasteiger partial charge >= 0.3 is 0 Å². The third kappa shape index (κ3) is 3.29. The Morgan fingerprint density at radius 1 is 1.12 bits per heavy atom. The van der Waals surface area contributed by atoms with Crippen LogP contribution in [0, 0.1) is 0 Å². The van der Waals surface area contributed by atoms with E-state index in [1.165, 1.54) is 35.3 Å². The SMILES string of the molecule is CCc1sc2nc(Cl)nc(N3CCCCC3)c2c1-c1ccc(Br)cc1. The van der Waals surface area contributed by atoms with Crippen molar-refractivity contribution in [2.45, 2.75) is 32.6 Å². The lowest BCUT2D eigenvalue weighted by Gasteiger charge is -2.28. The molecule has 0 aliphatic carbocycles. The minimum Gasteiger partial charge on any atom is -0.356 e. The van der Waals surface area contributed by atoms with Crippen LogP contribution in [0.25, 0.3) is 21.3 Å². The summed E-state index contributed by atoms with van der Waals surface area (Å²) in [4.78, 5) is 13.9. The minimum absolute atomic E-state index is 0.347. The molecule has 6 heteroatoms. The van der Waals surface area contributed by atoms with Gasteiger partial charge in [0.05, 0.1) is 5.39 Å². The first-order valence-corrected chi connectivity index (χ1v) is 10.7. The predicted octanol–water partition coefficient (Wildman–Crippen LogP) is 6.33. The maximum absolute atomic E-state index is 6.27. The van der Waals surface area contributed by atoms with Crippen LogP contribution in [-0.2, 0) is 6.42 Å². The number of halogens is 2. The molecule has 1 aliphatic rings. The summed E-state index contributed by atoms with van der Waals surface area (Å²) in [7, 11) is 0. The van der Waals surface area contributed by atoms with Crippen LogP contribution in [-0.4, -0.2) is 23.1 Å². The van der Waals surface area contributed by atoms with E-state index in [-0.39, 0.29) is 0 Å². The molecule has 0 atom stereocenters. The normalized spacial score (nSPS) is 15.1. The van der Waals surface area contributed by atoms with Gasteiger partial charge in [-0.15, -0.1) is 11.3 Å². The monoisotopic (exact) mass is 435 g/mol. The molecule has 3 heterocycles. The largest absolute Gasteiger partial charge is 0.356 e. The van der Waals surface area contributed by atoms with Crippen LogP contribution in [0.1, 0.15) is 31.1 Å². The summed E-state index contributed by atoms with van der Waals surface area (Å²) in [6.45, 7) is 4.28. The number of hydrogen-bond donors (Lipinski definition) is 0. The van der Waals surface area contributed by atoms with Gasteiger partial charge in [0.25, 0.3) is 0 Å². The number of benzene rings is 1. The van der Waals surface area contributed by atoms with Gasteiger partial charge < -0.3 is 4.90 Å². The maximum Gasteiger partial charge on any atom is 0.225 e. The highest BCUT2D eigenvalue weighted by Gasteiger charge is 2.23. The topological polar surface area (TPSA) is 29.0 Å². The minimum atomic E-state index is 0.347.